The molecule has 1 aromatic heterocycles. The third-order valence-electron chi connectivity index (χ3n) is 5.34. The zero-order valence-electron chi connectivity index (χ0n) is 15.7. The number of hydrogen-bond donors (Lipinski definition) is 1. The Bertz CT molecular complexity index is 1010. The maximum absolute atomic E-state index is 11.0. The Morgan fingerprint density at radius 1 is 1.04 bits per heavy atom. The first-order chi connectivity index (χ1) is 13.6. The van der Waals surface area contributed by atoms with Gasteiger partial charge in [0.25, 0.3) is 0 Å². The number of nitrogens with two attached hydrogens (primary N) is 1. The van der Waals surface area contributed by atoms with E-state index in [1.54, 1.807) is 0 Å². The first-order valence-corrected chi connectivity index (χ1v) is 10.1. The summed E-state index contributed by atoms with van der Waals surface area (Å²) in [5.41, 5.74) is 13.7. The Morgan fingerprint density at radius 2 is 1.82 bits per heavy atom. The predicted molar refractivity (Wildman–Crippen MR) is 113 cm³/mol. The van der Waals surface area contributed by atoms with Gasteiger partial charge in [0.05, 0.1) is 5.69 Å². The quantitative estimate of drug-likeness (QED) is 0.650. The molecule has 4 heteroatoms. The molecule has 142 valence electrons. The van der Waals surface area contributed by atoms with Crippen molar-refractivity contribution in [2.45, 2.75) is 38.5 Å². The molecule has 0 atom stereocenters. The van der Waals surface area contributed by atoms with Crippen LogP contribution < -0.4 is 5.73 Å². The molecular weight excluding hydrogens is 368 g/mol. The lowest BCUT2D eigenvalue weighted by Crippen LogP contribution is -2.11. The molecule has 0 saturated carbocycles. The predicted octanol–water partition coefficient (Wildman–Crippen LogP) is 4.90. The van der Waals surface area contributed by atoms with Gasteiger partial charge in [-0.2, -0.15) is 0 Å². The van der Waals surface area contributed by atoms with Crippen molar-refractivity contribution in [1.82, 2.24) is 4.98 Å². The van der Waals surface area contributed by atoms with Gasteiger partial charge >= 0.3 is 0 Å². The van der Waals surface area contributed by atoms with Gasteiger partial charge in [-0.25, -0.2) is 0 Å². The maximum Gasteiger partial charge on any atom is 0.217 e. The van der Waals surface area contributed by atoms with Crippen LogP contribution in [0.15, 0.2) is 54.6 Å². The van der Waals surface area contributed by atoms with Crippen LogP contribution in [0.1, 0.15) is 40.8 Å². The SMILES string of the molecule is NC(=O)CCc1ccc(Cc2cc(-c3cccc(Cl)c3)nc3c2CCC3)cc1. The number of fused-ring (bicyclic) bond motifs is 1. The Morgan fingerprint density at radius 3 is 2.57 bits per heavy atom. The van der Waals surface area contributed by atoms with Gasteiger partial charge in [0.1, 0.15) is 0 Å². The summed E-state index contributed by atoms with van der Waals surface area (Å²) in [6.45, 7) is 0. The van der Waals surface area contributed by atoms with E-state index in [9.17, 15) is 4.79 Å². The number of benzene rings is 2. The number of aromatic nitrogens is 1. The molecule has 0 radical (unpaired) electrons. The number of pyridine rings is 1. The maximum atomic E-state index is 11.0. The molecule has 0 aliphatic heterocycles. The lowest BCUT2D eigenvalue weighted by molar-refractivity contribution is -0.117. The smallest absolute Gasteiger partial charge is 0.217 e. The summed E-state index contributed by atoms with van der Waals surface area (Å²) in [6.07, 6.45) is 5.28. The molecule has 0 bridgehead atoms. The number of halogens is 1. The highest BCUT2D eigenvalue weighted by Crippen LogP contribution is 2.31. The van der Waals surface area contributed by atoms with E-state index in [0.717, 1.165) is 41.1 Å². The van der Waals surface area contributed by atoms with Gasteiger partial charge in [-0.3, -0.25) is 9.78 Å². The Labute approximate surface area is 170 Å². The number of aryl methyl sites for hydroxylation is 2. The molecule has 0 fully saturated rings. The average molecular weight is 391 g/mol. The van der Waals surface area contributed by atoms with Crippen molar-refractivity contribution >= 4 is 17.5 Å². The Kier molecular flexibility index (Phi) is 5.45. The van der Waals surface area contributed by atoms with Crippen molar-refractivity contribution in [1.29, 1.82) is 0 Å². The fourth-order valence-corrected chi connectivity index (χ4v) is 4.08. The number of nitrogens with zero attached hydrogens (tertiary/aromatic N) is 1. The van der Waals surface area contributed by atoms with E-state index in [2.05, 4.69) is 36.4 Å². The van der Waals surface area contributed by atoms with Crippen LogP contribution in [0.4, 0.5) is 0 Å². The molecule has 28 heavy (non-hydrogen) atoms. The van der Waals surface area contributed by atoms with Crippen molar-refractivity contribution in [2.75, 3.05) is 0 Å². The largest absolute Gasteiger partial charge is 0.370 e. The first-order valence-electron chi connectivity index (χ1n) is 9.72. The minimum Gasteiger partial charge on any atom is -0.370 e. The molecule has 0 spiro atoms. The van der Waals surface area contributed by atoms with Crippen molar-refractivity contribution in [3.8, 4) is 11.3 Å². The van der Waals surface area contributed by atoms with E-state index in [-0.39, 0.29) is 5.91 Å². The summed E-state index contributed by atoms with van der Waals surface area (Å²) in [4.78, 5) is 15.9. The fourth-order valence-electron chi connectivity index (χ4n) is 3.89. The van der Waals surface area contributed by atoms with Crippen LogP contribution >= 0.6 is 11.6 Å². The molecule has 1 aliphatic carbocycles. The number of amides is 1. The van der Waals surface area contributed by atoms with Crippen molar-refractivity contribution in [3.05, 3.63) is 87.6 Å². The fraction of sp³-hybridized carbons (Fsp3) is 0.250. The van der Waals surface area contributed by atoms with Crippen LogP contribution in [-0.4, -0.2) is 10.9 Å². The minimum absolute atomic E-state index is 0.259. The molecular formula is C24H23ClN2O. The highest BCUT2D eigenvalue weighted by atomic mass is 35.5. The summed E-state index contributed by atoms with van der Waals surface area (Å²) >= 11 is 6.18. The van der Waals surface area contributed by atoms with E-state index in [4.69, 9.17) is 22.3 Å². The van der Waals surface area contributed by atoms with Crippen LogP contribution in [0.2, 0.25) is 5.02 Å². The average Bonchev–Trinajstić information content (AvgIpc) is 3.16. The lowest BCUT2D eigenvalue weighted by Gasteiger charge is -2.12. The molecule has 2 N–H and O–H groups in total. The van der Waals surface area contributed by atoms with Gasteiger partial charge in [-0.05, 0) is 72.6 Å². The van der Waals surface area contributed by atoms with Crippen LogP contribution in [0.5, 0.6) is 0 Å². The third-order valence-corrected chi connectivity index (χ3v) is 5.58. The molecule has 3 nitrogen and oxygen atoms in total. The molecule has 0 unspecified atom stereocenters. The number of hydrogen-bond acceptors (Lipinski definition) is 2. The normalized spacial score (nSPS) is 12.8. The number of carbonyl (C=O) groups is 1. The number of primary amides is 1. The van der Waals surface area contributed by atoms with Gasteiger partial charge in [0.2, 0.25) is 5.91 Å². The van der Waals surface area contributed by atoms with Crippen molar-refractivity contribution < 1.29 is 4.79 Å². The van der Waals surface area contributed by atoms with Gasteiger partial charge < -0.3 is 5.73 Å². The zero-order valence-corrected chi connectivity index (χ0v) is 16.5. The van der Waals surface area contributed by atoms with Crippen LogP contribution in [0.25, 0.3) is 11.3 Å². The van der Waals surface area contributed by atoms with E-state index < -0.39 is 0 Å². The number of rotatable bonds is 6. The molecule has 0 saturated heterocycles. The molecule has 1 heterocycles. The highest BCUT2D eigenvalue weighted by Gasteiger charge is 2.18. The molecule has 4 rings (SSSR count). The standard InChI is InChI=1S/C24H23ClN2O/c25-20-4-1-3-18(14-20)23-15-19(21-5-2-6-22(21)27-23)13-17-9-7-16(8-10-17)11-12-24(26)28/h1,3-4,7-10,14-15H,2,5-6,11-13H2,(H2,26,28). The first kappa shape index (κ1) is 18.7. The topological polar surface area (TPSA) is 56.0 Å². The van der Waals surface area contributed by atoms with E-state index in [1.165, 1.54) is 28.8 Å². The summed E-state index contributed by atoms with van der Waals surface area (Å²) in [7, 11) is 0. The van der Waals surface area contributed by atoms with Crippen molar-refractivity contribution in [2.24, 2.45) is 5.73 Å². The molecule has 1 amide bonds. The van der Waals surface area contributed by atoms with Gasteiger partial charge in [0, 0.05) is 22.7 Å². The lowest BCUT2D eigenvalue weighted by atomic mass is 9.96. The van der Waals surface area contributed by atoms with E-state index in [1.807, 2.05) is 18.2 Å². The Balaban J connectivity index is 1.61. The summed E-state index contributed by atoms with van der Waals surface area (Å²) < 4.78 is 0. The van der Waals surface area contributed by atoms with Gasteiger partial charge in [-0.1, -0.05) is 48.0 Å². The van der Waals surface area contributed by atoms with Crippen molar-refractivity contribution in [3.63, 3.8) is 0 Å². The molecule has 2 aromatic carbocycles. The van der Waals surface area contributed by atoms with Crippen LogP contribution in [0, 0.1) is 0 Å². The van der Waals surface area contributed by atoms with Crippen LogP contribution in [-0.2, 0) is 30.5 Å². The Hall–Kier alpha value is -2.65. The van der Waals surface area contributed by atoms with Gasteiger partial charge in [-0.15, -0.1) is 0 Å². The second kappa shape index (κ2) is 8.15. The minimum atomic E-state index is -0.259. The van der Waals surface area contributed by atoms with Crippen LogP contribution in [0.3, 0.4) is 0 Å². The van der Waals surface area contributed by atoms with Gasteiger partial charge in [0.15, 0.2) is 0 Å². The molecule has 3 aromatic rings. The second-order valence-corrected chi connectivity index (χ2v) is 7.85. The number of carbonyl (C=O) groups excluding carboxylic acids is 1. The van der Waals surface area contributed by atoms with E-state index in [0.29, 0.717) is 12.8 Å². The zero-order chi connectivity index (χ0) is 19.5. The third kappa shape index (κ3) is 4.26. The van der Waals surface area contributed by atoms with E-state index >= 15 is 0 Å². The second-order valence-electron chi connectivity index (χ2n) is 7.42. The summed E-state index contributed by atoms with van der Waals surface area (Å²) in [6, 6.07) is 18.6. The molecule has 1 aliphatic rings. The summed E-state index contributed by atoms with van der Waals surface area (Å²) in [5.74, 6) is -0.259. The monoisotopic (exact) mass is 390 g/mol. The highest BCUT2D eigenvalue weighted by molar-refractivity contribution is 6.30. The summed E-state index contributed by atoms with van der Waals surface area (Å²) in [5, 5.41) is 0.730.